The fraction of sp³-hybridized carbons (Fsp3) is 0.300. The lowest BCUT2D eigenvalue weighted by molar-refractivity contribution is -0.119. The fourth-order valence-corrected chi connectivity index (χ4v) is 2.90. The number of fused-ring (bicyclic) bond motifs is 1. The number of nitrogens with one attached hydrogen (secondary N) is 2. The molecule has 0 aliphatic heterocycles. The largest absolute Gasteiger partial charge is 0.494 e. The smallest absolute Gasteiger partial charge is 0.259 e. The van der Waals surface area contributed by atoms with Gasteiger partial charge in [0.05, 0.1) is 18.9 Å². The number of ether oxygens (including phenoxy) is 1. The number of anilines is 1. The third-order valence-corrected chi connectivity index (χ3v) is 4.12. The van der Waals surface area contributed by atoms with Crippen molar-refractivity contribution in [1.29, 1.82) is 0 Å². The molecule has 2 aromatic carbocycles. The first-order valence-corrected chi connectivity index (χ1v) is 8.66. The average molecular weight is 337 g/mol. The van der Waals surface area contributed by atoms with Gasteiger partial charge in [0, 0.05) is 11.3 Å². The molecule has 0 atom stereocenters. The van der Waals surface area contributed by atoms with E-state index in [0.717, 1.165) is 42.0 Å². The molecule has 1 aliphatic carbocycles. The number of rotatable bonds is 6. The molecule has 0 fully saturated rings. The van der Waals surface area contributed by atoms with E-state index in [-0.39, 0.29) is 12.5 Å². The third kappa shape index (κ3) is 4.59. The highest BCUT2D eigenvalue weighted by Gasteiger charge is 2.15. The lowest BCUT2D eigenvalue weighted by Gasteiger charge is -2.17. The first-order valence-electron chi connectivity index (χ1n) is 8.66. The van der Waals surface area contributed by atoms with Gasteiger partial charge >= 0.3 is 0 Å². The van der Waals surface area contributed by atoms with E-state index < -0.39 is 0 Å². The third-order valence-electron chi connectivity index (χ3n) is 4.12. The van der Waals surface area contributed by atoms with E-state index in [9.17, 15) is 4.79 Å². The Kier molecular flexibility index (Phi) is 5.67. The number of amides is 1. The van der Waals surface area contributed by atoms with Gasteiger partial charge in [0.2, 0.25) is 0 Å². The van der Waals surface area contributed by atoms with Crippen molar-refractivity contribution in [3.63, 3.8) is 0 Å². The van der Waals surface area contributed by atoms with Crippen LogP contribution in [0.1, 0.15) is 30.9 Å². The minimum atomic E-state index is -0.163. The van der Waals surface area contributed by atoms with Crippen molar-refractivity contribution >= 4 is 17.3 Å². The second kappa shape index (κ2) is 8.33. The van der Waals surface area contributed by atoms with Crippen LogP contribution in [0.3, 0.4) is 0 Å². The Balaban J connectivity index is 1.53. The fourth-order valence-electron chi connectivity index (χ4n) is 2.90. The van der Waals surface area contributed by atoms with Gasteiger partial charge < -0.3 is 10.1 Å². The summed E-state index contributed by atoms with van der Waals surface area (Å²) in [6, 6.07) is 15.8. The van der Waals surface area contributed by atoms with Crippen LogP contribution in [-0.2, 0) is 11.2 Å². The van der Waals surface area contributed by atoms with E-state index in [4.69, 9.17) is 4.74 Å². The maximum atomic E-state index is 12.0. The molecule has 0 unspecified atom stereocenters. The van der Waals surface area contributed by atoms with Crippen LogP contribution >= 0.6 is 0 Å². The predicted molar refractivity (Wildman–Crippen MR) is 100 cm³/mol. The van der Waals surface area contributed by atoms with Crippen LogP contribution in [-0.4, -0.2) is 24.8 Å². The number of hydrogen-bond donors (Lipinski definition) is 2. The molecule has 2 aromatic rings. The molecule has 0 saturated heterocycles. The first kappa shape index (κ1) is 17.0. The maximum Gasteiger partial charge on any atom is 0.259 e. The SMILES string of the molecule is CCOc1ccc(NCC(=O)NN=C2CCCc3ccccc32)cc1. The number of benzene rings is 2. The normalized spacial score (nSPS) is 14.7. The van der Waals surface area contributed by atoms with Gasteiger partial charge in [0.25, 0.3) is 5.91 Å². The highest BCUT2D eigenvalue weighted by atomic mass is 16.5. The van der Waals surface area contributed by atoms with Crippen LogP contribution < -0.4 is 15.5 Å². The number of carbonyl (C=O) groups is 1. The van der Waals surface area contributed by atoms with Crippen LogP contribution in [0, 0.1) is 0 Å². The van der Waals surface area contributed by atoms with E-state index in [1.54, 1.807) is 0 Å². The number of aryl methyl sites for hydroxylation is 1. The minimum absolute atomic E-state index is 0.163. The molecule has 0 spiro atoms. The second-order valence-electron chi connectivity index (χ2n) is 5.92. The van der Waals surface area contributed by atoms with Crippen molar-refractivity contribution in [2.75, 3.05) is 18.5 Å². The minimum Gasteiger partial charge on any atom is -0.494 e. The van der Waals surface area contributed by atoms with Gasteiger partial charge in [-0.1, -0.05) is 24.3 Å². The highest BCUT2D eigenvalue weighted by molar-refractivity contribution is 6.03. The summed E-state index contributed by atoms with van der Waals surface area (Å²) < 4.78 is 5.40. The van der Waals surface area contributed by atoms with Gasteiger partial charge in [-0.2, -0.15) is 5.10 Å². The lowest BCUT2D eigenvalue weighted by atomic mass is 9.90. The number of carbonyl (C=O) groups excluding carboxylic acids is 1. The molecule has 0 saturated carbocycles. The summed E-state index contributed by atoms with van der Waals surface area (Å²) in [7, 11) is 0. The van der Waals surface area contributed by atoms with Crippen LogP contribution in [0.5, 0.6) is 5.75 Å². The molecule has 25 heavy (non-hydrogen) atoms. The van der Waals surface area contributed by atoms with Gasteiger partial charge in [0.1, 0.15) is 5.75 Å². The summed E-state index contributed by atoms with van der Waals surface area (Å²) in [5, 5.41) is 7.42. The molecule has 5 heteroatoms. The maximum absolute atomic E-state index is 12.0. The van der Waals surface area contributed by atoms with Crippen molar-refractivity contribution in [1.82, 2.24) is 5.43 Å². The summed E-state index contributed by atoms with van der Waals surface area (Å²) in [6.07, 6.45) is 3.03. The Morgan fingerprint density at radius 1 is 1.12 bits per heavy atom. The van der Waals surface area contributed by atoms with Crippen LogP contribution in [0.2, 0.25) is 0 Å². The number of hydrogen-bond acceptors (Lipinski definition) is 4. The molecule has 0 aromatic heterocycles. The molecule has 1 aliphatic rings. The van der Waals surface area contributed by atoms with Crippen LogP contribution in [0.25, 0.3) is 0 Å². The first-order chi connectivity index (χ1) is 12.3. The van der Waals surface area contributed by atoms with Crippen molar-refractivity contribution in [2.45, 2.75) is 26.2 Å². The zero-order chi connectivity index (χ0) is 17.5. The molecule has 2 N–H and O–H groups in total. The van der Waals surface area contributed by atoms with Gasteiger partial charge in [-0.25, -0.2) is 5.43 Å². The Morgan fingerprint density at radius 2 is 1.92 bits per heavy atom. The Morgan fingerprint density at radius 3 is 2.72 bits per heavy atom. The van der Waals surface area contributed by atoms with Gasteiger partial charge in [0.15, 0.2) is 0 Å². The summed E-state index contributed by atoms with van der Waals surface area (Å²) in [6.45, 7) is 2.76. The summed E-state index contributed by atoms with van der Waals surface area (Å²) in [5.41, 5.74) is 6.93. The molecule has 3 rings (SSSR count). The Bertz CT molecular complexity index is 754. The number of hydrazone groups is 1. The highest BCUT2D eigenvalue weighted by Crippen LogP contribution is 2.21. The molecule has 0 radical (unpaired) electrons. The molecule has 0 bridgehead atoms. The lowest BCUT2D eigenvalue weighted by Crippen LogP contribution is -2.27. The summed E-state index contributed by atoms with van der Waals surface area (Å²) in [4.78, 5) is 12.0. The molecule has 1 amide bonds. The van der Waals surface area contributed by atoms with Crippen molar-refractivity contribution < 1.29 is 9.53 Å². The monoisotopic (exact) mass is 337 g/mol. The Labute approximate surface area is 148 Å². The van der Waals surface area contributed by atoms with Crippen molar-refractivity contribution in [3.8, 4) is 5.75 Å². The number of nitrogens with zero attached hydrogens (tertiary/aromatic N) is 1. The van der Waals surface area contributed by atoms with E-state index in [1.807, 2.05) is 43.3 Å². The zero-order valence-electron chi connectivity index (χ0n) is 14.4. The molecular formula is C20H23N3O2. The molecule has 0 heterocycles. The predicted octanol–water partition coefficient (Wildman–Crippen LogP) is 3.35. The van der Waals surface area contributed by atoms with Crippen molar-refractivity contribution in [2.24, 2.45) is 5.10 Å². The van der Waals surface area contributed by atoms with Gasteiger partial charge in [-0.15, -0.1) is 0 Å². The van der Waals surface area contributed by atoms with Gasteiger partial charge in [-0.3, -0.25) is 4.79 Å². The quantitative estimate of drug-likeness (QED) is 0.795. The van der Waals surface area contributed by atoms with Crippen LogP contribution in [0.4, 0.5) is 5.69 Å². The van der Waals surface area contributed by atoms with E-state index in [0.29, 0.717) is 6.61 Å². The summed E-state index contributed by atoms with van der Waals surface area (Å²) in [5.74, 6) is 0.657. The zero-order valence-corrected chi connectivity index (χ0v) is 14.4. The Hall–Kier alpha value is -2.82. The molecular weight excluding hydrogens is 314 g/mol. The van der Waals surface area contributed by atoms with Crippen molar-refractivity contribution in [3.05, 3.63) is 59.7 Å². The van der Waals surface area contributed by atoms with E-state index in [1.165, 1.54) is 5.56 Å². The van der Waals surface area contributed by atoms with E-state index in [2.05, 4.69) is 28.0 Å². The standard InChI is InChI=1S/C20H23N3O2/c1-2-25-17-12-10-16(11-13-17)21-14-20(24)23-22-19-9-5-7-15-6-3-4-8-18(15)19/h3-4,6,8,10-13,21H,2,5,7,9,14H2,1H3,(H,23,24). The van der Waals surface area contributed by atoms with Crippen LogP contribution in [0.15, 0.2) is 53.6 Å². The summed E-state index contributed by atoms with van der Waals surface area (Å²) >= 11 is 0. The average Bonchev–Trinajstić information content (AvgIpc) is 2.66. The van der Waals surface area contributed by atoms with E-state index >= 15 is 0 Å². The molecule has 5 nitrogen and oxygen atoms in total. The van der Waals surface area contributed by atoms with Gasteiger partial charge in [-0.05, 0) is 56.0 Å². The second-order valence-corrected chi connectivity index (χ2v) is 5.92. The molecule has 130 valence electrons. The topological polar surface area (TPSA) is 62.7 Å².